The number of hydrogen-bond acceptors (Lipinski definition) is 9. The molecule has 1 saturated heterocycles. The highest BCUT2D eigenvalue weighted by Crippen LogP contribution is 2.42. The summed E-state index contributed by atoms with van der Waals surface area (Å²) >= 11 is 1.48. The van der Waals surface area contributed by atoms with Gasteiger partial charge in [0.2, 0.25) is 5.78 Å². The summed E-state index contributed by atoms with van der Waals surface area (Å²) in [5.41, 5.74) is 1.51. The van der Waals surface area contributed by atoms with Gasteiger partial charge in [-0.25, -0.2) is 14.6 Å². The molecular weight excluding hydrogens is 502 g/mol. The molecule has 0 spiro atoms. The highest BCUT2D eigenvalue weighted by Gasteiger charge is 2.51. The Morgan fingerprint density at radius 3 is 2.55 bits per heavy atom. The third kappa shape index (κ3) is 5.69. The van der Waals surface area contributed by atoms with Crippen molar-refractivity contribution in [1.29, 1.82) is 0 Å². The van der Waals surface area contributed by atoms with Crippen LogP contribution < -0.4 is 0 Å². The third-order valence-electron chi connectivity index (χ3n) is 8.06. The number of carbonyl (C=O) groups excluding carboxylic acids is 2. The molecular formula is C28H43N5O4S. The highest BCUT2D eigenvalue weighted by atomic mass is 32.2. The van der Waals surface area contributed by atoms with Crippen molar-refractivity contribution < 1.29 is 19.1 Å². The Balaban J connectivity index is 1.67. The van der Waals surface area contributed by atoms with Gasteiger partial charge in [-0.05, 0) is 53.0 Å². The average Bonchev–Trinajstić information content (AvgIpc) is 3.51. The highest BCUT2D eigenvalue weighted by molar-refractivity contribution is 7.98. The van der Waals surface area contributed by atoms with Gasteiger partial charge in [0.1, 0.15) is 5.03 Å². The summed E-state index contributed by atoms with van der Waals surface area (Å²) in [5, 5.41) is 6.40. The van der Waals surface area contributed by atoms with Crippen LogP contribution in [0.2, 0.25) is 0 Å². The number of nitrogens with zero attached hydrogens (tertiary/aromatic N) is 5. The van der Waals surface area contributed by atoms with E-state index in [2.05, 4.69) is 37.8 Å². The average molecular weight is 546 g/mol. The Labute approximate surface area is 230 Å². The number of carbonyl (C=O) groups is 2. The molecule has 3 heterocycles. The first-order chi connectivity index (χ1) is 18.3. The van der Waals surface area contributed by atoms with Gasteiger partial charge < -0.3 is 14.4 Å². The van der Waals surface area contributed by atoms with Crippen LogP contribution in [-0.4, -0.2) is 81.6 Å². The summed E-state index contributed by atoms with van der Waals surface area (Å²) in [6, 6.07) is 0.292. The first kappa shape index (κ1) is 29.1. The molecule has 0 bridgehead atoms. The van der Waals surface area contributed by atoms with E-state index in [4.69, 9.17) is 19.6 Å². The molecule has 1 aliphatic carbocycles. The number of likely N-dealkylation sites (N-methyl/N-ethyl adjacent to an activating group) is 1. The van der Waals surface area contributed by atoms with Gasteiger partial charge in [0.25, 0.3) is 0 Å². The number of rotatable bonds is 12. The fourth-order valence-corrected chi connectivity index (χ4v) is 6.58. The number of thioether (sulfide) groups is 1. The topological polar surface area (TPSA) is 99.4 Å². The Kier molecular flexibility index (Phi) is 9.60. The molecule has 0 aromatic carbocycles. The number of fused-ring (bicyclic) bond motifs is 1. The van der Waals surface area contributed by atoms with E-state index >= 15 is 0 Å². The van der Waals surface area contributed by atoms with Gasteiger partial charge in [-0.3, -0.25) is 9.59 Å². The Morgan fingerprint density at radius 1 is 1.18 bits per heavy atom. The molecule has 2 aromatic heterocycles. The third-order valence-corrected chi connectivity index (χ3v) is 8.74. The van der Waals surface area contributed by atoms with Gasteiger partial charge in [-0.2, -0.15) is 5.10 Å². The van der Waals surface area contributed by atoms with E-state index in [1.165, 1.54) is 11.8 Å². The van der Waals surface area contributed by atoms with Crippen molar-refractivity contribution in [2.45, 2.75) is 95.5 Å². The minimum absolute atomic E-state index is 0.0889. The molecule has 10 heteroatoms. The monoisotopic (exact) mass is 545 g/mol. The van der Waals surface area contributed by atoms with E-state index in [1.807, 2.05) is 17.9 Å². The van der Waals surface area contributed by atoms with Crippen LogP contribution in [0.1, 0.15) is 81.5 Å². The van der Waals surface area contributed by atoms with Gasteiger partial charge in [-0.1, -0.05) is 33.1 Å². The van der Waals surface area contributed by atoms with E-state index in [0.717, 1.165) is 48.2 Å². The number of ether oxygens (including phenoxy) is 2. The first-order valence-electron chi connectivity index (χ1n) is 14.1. The zero-order valence-electron chi connectivity index (χ0n) is 23.8. The fraction of sp³-hybridized carbons (Fsp3) is 0.750. The Bertz CT molecular complexity index is 1140. The number of hydrogen-bond donors (Lipinski definition) is 0. The van der Waals surface area contributed by atoms with Crippen LogP contribution >= 0.6 is 11.8 Å². The minimum Gasteiger partial charge on any atom is -0.347 e. The second kappa shape index (κ2) is 12.5. The lowest BCUT2D eigenvalue weighted by molar-refractivity contribution is -0.206. The molecule has 2 aromatic rings. The Hall–Kier alpha value is -1.88. The summed E-state index contributed by atoms with van der Waals surface area (Å²) < 4.78 is 14.1. The van der Waals surface area contributed by atoms with Crippen LogP contribution in [-0.2, 0) is 20.8 Å². The van der Waals surface area contributed by atoms with Crippen LogP contribution in [0.5, 0.6) is 0 Å². The van der Waals surface area contributed by atoms with Gasteiger partial charge in [0.05, 0.1) is 42.7 Å². The SMILES string of the molecule is CCCCC1(C2CCCC(C(=O)c3nc(SC)c4c(C)nn(CC(CCC)N(C)C)c4n3)C2=O)OCCO1. The molecule has 0 N–H and O–H groups in total. The lowest BCUT2D eigenvalue weighted by atomic mass is 9.73. The standard InChI is InChI=1S/C28H43N5O4S/c1-7-9-14-28(36-15-16-37-28)21-13-10-12-20(23(21)34)24(35)25-29-26-22(27(30-25)38-6)18(3)31-33(26)17-19(11-8-2)32(4)5/h19-21H,7-17H2,1-6H3. The summed E-state index contributed by atoms with van der Waals surface area (Å²) in [5.74, 6) is -2.41. The van der Waals surface area contributed by atoms with Gasteiger partial charge in [-0.15, -0.1) is 11.8 Å². The second-order valence-electron chi connectivity index (χ2n) is 10.8. The van der Waals surface area contributed by atoms with Crippen LogP contribution in [0.15, 0.2) is 5.03 Å². The van der Waals surface area contributed by atoms with Crippen LogP contribution in [0.4, 0.5) is 0 Å². The second-order valence-corrected chi connectivity index (χ2v) is 11.6. The summed E-state index contributed by atoms with van der Waals surface area (Å²) in [4.78, 5) is 39.3. The molecule has 2 aliphatic rings. The van der Waals surface area contributed by atoms with E-state index in [-0.39, 0.29) is 17.4 Å². The number of ketones is 2. The van der Waals surface area contributed by atoms with Crippen molar-refractivity contribution in [1.82, 2.24) is 24.6 Å². The molecule has 9 nitrogen and oxygen atoms in total. The van der Waals surface area contributed by atoms with Gasteiger partial charge in [0, 0.05) is 12.5 Å². The molecule has 210 valence electrons. The number of aromatic nitrogens is 4. The maximum Gasteiger partial charge on any atom is 0.210 e. The largest absolute Gasteiger partial charge is 0.347 e. The predicted octanol–water partition coefficient (Wildman–Crippen LogP) is 4.69. The van der Waals surface area contributed by atoms with Gasteiger partial charge >= 0.3 is 0 Å². The zero-order chi connectivity index (χ0) is 27.4. The van der Waals surface area contributed by atoms with Crippen molar-refractivity contribution in [3.63, 3.8) is 0 Å². The van der Waals surface area contributed by atoms with Crippen molar-refractivity contribution in [2.24, 2.45) is 11.8 Å². The van der Waals surface area contributed by atoms with Gasteiger partial charge in [0.15, 0.2) is 23.0 Å². The van der Waals surface area contributed by atoms with E-state index in [9.17, 15) is 9.59 Å². The number of aryl methyl sites for hydroxylation is 1. The smallest absolute Gasteiger partial charge is 0.210 e. The molecule has 2 fully saturated rings. The molecule has 0 radical (unpaired) electrons. The normalized spacial score (nSPS) is 22.4. The van der Waals surface area contributed by atoms with Crippen molar-refractivity contribution in [3.05, 3.63) is 11.5 Å². The molecule has 3 unspecified atom stereocenters. The summed E-state index contributed by atoms with van der Waals surface area (Å²) in [7, 11) is 4.15. The quantitative estimate of drug-likeness (QED) is 0.163. The van der Waals surface area contributed by atoms with E-state index in [1.54, 1.807) is 0 Å². The number of unbranched alkanes of at least 4 members (excludes halogenated alkanes) is 1. The van der Waals surface area contributed by atoms with Crippen molar-refractivity contribution in [2.75, 3.05) is 33.6 Å². The van der Waals surface area contributed by atoms with Crippen LogP contribution in [0, 0.1) is 18.8 Å². The lowest BCUT2D eigenvalue weighted by Crippen LogP contribution is -2.49. The molecule has 1 saturated carbocycles. The van der Waals surface area contributed by atoms with E-state index < -0.39 is 17.6 Å². The van der Waals surface area contributed by atoms with E-state index in [0.29, 0.717) is 50.7 Å². The first-order valence-corrected chi connectivity index (χ1v) is 15.3. The number of Topliss-reactive ketones (excluding diaryl/α,β-unsaturated/α-hetero) is 2. The minimum atomic E-state index is -0.905. The molecule has 3 atom stereocenters. The molecule has 1 aliphatic heterocycles. The van der Waals surface area contributed by atoms with Crippen molar-refractivity contribution >= 4 is 34.4 Å². The maximum atomic E-state index is 13.9. The lowest BCUT2D eigenvalue weighted by Gasteiger charge is -2.38. The fourth-order valence-electron chi connectivity index (χ4n) is 5.96. The van der Waals surface area contributed by atoms with Crippen molar-refractivity contribution in [3.8, 4) is 0 Å². The maximum absolute atomic E-state index is 13.9. The van der Waals surface area contributed by atoms with Crippen LogP contribution in [0.25, 0.3) is 11.0 Å². The van der Waals surface area contributed by atoms with Crippen LogP contribution in [0.3, 0.4) is 0 Å². The summed E-state index contributed by atoms with van der Waals surface area (Å²) in [6.45, 7) is 7.89. The Morgan fingerprint density at radius 2 is 1.92 bits per heavy atom. The molecule has 4 rings (SSSR count). The molecule has 0 amide bonds. The predicted molar refractivity (Wildman–Crippen MR) is 149 cm³/mol. The molecule has 38 heavy (non-hydrogen) atoms. The zero-order valence-corrected chi connectivity index (χ0v) is 24.6. The summed E-state index contributed by atoms with van der Waals surface area (Å²) in [6.07, 6.45) is 8.56.